The highest BCUT2D eigenvalue weighted by Gasteiger charge is 2.33. The second-order valence-electron chi connectivity index (χ2n) is 5.68. The number of nitro groups is 2. The van der Waals surface area contributed by atoms with E-state index < -0.39 is 58.4 Å². The Balaban J connectivity index is 2.41. The summed E-state index contributed by atoms with van der Waals surface area (Å²) < 4.78 is 70.2. The second kappa shape index (κ2) is 9.29. The topological polar surface area (TPSA) is 140 Å². The summed E-state index contributed by atoms with van der Waals surface area (Å²) in [5.41, 5.74) is -2.79. The number of benzene rings is 2. The van der Waals surface area contributed by atoms with Gasteiger partial charge in [0.1, 0.15) is 5.75 Å². The van der Waals surface area contributed by atoms with Crippen molar-refractivity contribution in [3.05, 3.63) is 62.2 Å². The highest BCUT2D eigenvalue weighted by atomic mass is 31.2. The molecule has 0 unspecified atom stereocenters. The number of hydrogen-bond acceptors (Lipinski definition) is 9. The average molecular weight is 466 g/mol. The first kappa shape index (κ1) is 24.1. The monoisotopic (exact) mass is 466 g/mol. The lowest BCUT2D eigenvalue weighted by molar-refractivity contribution is -0.386. The summed E-state index contributed by atoms with van der Waals surface area (Å²) in [5, 5.41) is 22.4. The molecule has 0 fully saturated rings. The molecule has 0 N–H and O–H groups in total. The smallest absolute Gasteiger partial charge is 0.416 e. The van der Waals surface area contributed by atoms with Crippen LogP contribution in [0.2, 0.25) is 0 Å². The van der Waals surface area contributed by atoms with Gasteiger partial charge in [-0.1, -0.05) is 0 Å². The van der Waals surface area contributed by atoms with Crippen molar-refractivity contribution in [1.29, 1.82) is 0 Å². The summed E-state index contributed by atoms with van der Waals surface area (Å²) in [4.78, 5) is 20.5. The van der Waals surface area contributed by atoms with Crippen molar-refractivity contribution in [2.75, 3.05) is 20.6 Å². The first-order valence-electron chi connectivity index (χ1n) is 8.05. The van der Waals surface area contributed by atoms with E-state index in [0.717, 1.165) is 38.5 Å². The molecule has 0 radical (unpaired) electrons. The summed E-state index contributed by atoms with van der Waals surface area (Å²) in [6, 6.07) is 4.57. The van der Waals surface area contributed by atoms with E-state index in [9.17, 15) is 38.0 Å². The number of nitro benzene ring substituents is 2. The van der Waals surface area contributed by atoms with Gasteiger partial charge in [0.2, 0.25) is 11.5 Å². The Kier molecular flexibility index (Phi) is 7.21. The summed E-state index contributed by atoms with van der Waals surface area (Å²) in [6.07, 6.45) is -5.51. The lowest BCUT2D eigenvalue weighted by Crippen LogP contribution is -2.06. The maximum Gasteiger partial charge on any atom is 0.416 e. The third-order valence-corrected chi connectivity index (χ3v) is 5.33. The van der Waals surface area contributed by atoms with Crippen LogP contribution in [0.1, 0.15) is 5.56 Å². The highest BCUT2D eigenvalue weighted by Crippen LogP contribution is 2.47. The van der Waals surface area contributed by atoms with Crippen LogP contribution in [0.4, 0.5) is 24.5 Å². The molecule has 0 aliphatic heterocycles. The van der Waals surface area contributed by atoms with E-state index in [4.69, 9.17) is 9.47 Å². The van der Waals surface area contributed by atoms with E-state index in [1.807, 2.05) is 0 Å². The molecule has 0 aliphatic rings. The van der Waals surface area contributed by atoms with Crippen molar-refractivity contribution >= 4 is 19.0 Å². The Morgan fingerprint density at radius 2 is 1.55 bits per heavy atom. The molecule has 31 heavy (non-hydrogen) atoms. The molecular weight excluding hydrogens is 452 g/mol. The van der Waals surface area contributed by atoms with Crippen molar-refractivity contribution in [3.8, 4) is 17.2 Å². The Bertz CT molecular complexity index is 1040. The molecule has 2 aromatic carbocycles. The zero-order valence-electron chi connectivity index (χ0n) is 15.8. The van der Waals surface area contributed by atoms with Crippen LogP contribution in [-0.4, -0.2) is 30.4 Å². The number of ether oxygens (including phenoxy) is 2. The molecule has 2 aromatic rings. The van der Waals surface area contributed by atoms with E-state index in [0.29, 0.717) is 12.1 Å². The van der Waals surface area contributed by atoms with Crippen molar-refractivity contribution in [1.82, 2.24) is 0 Å². The van der Waals surface area contributed by atoms with Gasteiger partial charge in [0.15, 0.2) is 6.35 Å². The van der Waals surface area contributed by atoms with Crippen molar-refractivity contribution in [2.24, 2.45) is 0 Å². The third-order valence-electron chi connectivity index (χ3n) is 3.77. The molecule has 2 rings (SSSR count). The Hall–Kier alpha value is -3.22. The number of rotatable bonds is 9. The molecular formula is C16H14F3N2O9P. The van der Waals surface area contributed by atoms with Crippen LogP contribution < -0.4 is 9.47 Å². The van der Waals surface area contributed by atoms with Gasteiger partial charge < -0.3 is 18.5 Å². The minimum Gasteiger partial charge on any atom is -0.474 e. The second-order valence-corrected chi connectivity index (χ2v) is 7.89. The lowest BCUT2D eigenvalue weighted by atomic mass is 10.2. The summed E-state index contributed by atoms with van der Waals surface area (Å²) in [6.45, 7) is 0. The van der Waals surface area contributed by atoms with E-state index in [1.165, 1.54) is 0 Å². The van der Waals surface area contributed by atoms with Crippen molar-refractivity contribution < 1.29 is 46.1 Å². The highest BCUT2D eigenvalue weighted by molar-refractivity contribution is 7.53. The van der Waals surface area contributed by atoms with E-state index in [-0.39, 0.29) is 5.75 Å². The molecule has 0 amide bonds. The van der Waals surface area contributed by atoms with Gasteiger partial charge in [-0.05, 0) is 18.2 Å². The van der Waals surface area contributed by atoms with Gasteiger partial charge in [-0.25, -0.2) is 0 Å². The van der Waals surface area contributed by atoms with Crippen LogP contribution in [0.25, 0.3) is 0 Å². The Morgan fingerprint density at radius 1 is 0.935 bits per heavy atom. The van der Waals surface area contributed by atoms with Crippen LogP contribution in [0.5, 0.6) is 17.2 Å². The normalized spacial score (nSPS) is 11.8. The molecule has 0 aromatic heterocycles. The van der Waals surface area contributed by atoms with Crippen LogP contribution in [-0.2, 0) is 19.8 Å². The molecule has 0 heterocycles. The molecule has 0 bridgehead atoms. The minimum atomic E-state index is -4.81. The number of alkyl halides is 3. The molecule has 15 heteroatoms. The molecule has 0 aliphatic carbocycles. The summed E-state index contributed by atoms with van der Waals surface area (Å²) >= 11 is 0. The third kappa shape index (κ3) is 5.90. The molecule has 0 atom stereocenters. The molecule has 0 saturated carbocycles. The fourth-order valence-electron chi connectivity index (χ4n) is 2.20. The van der Waals surface area contributed by atoms with Gasteiger partial charge >= 0.3 is 25.1 Å². The largest absolute Gasteiger partial charge is 0.474 e. The quantitative estimate of drug-likeness (QED) is 0.279. The van der Waals surface area contributed by atoms with Crippen molar-refractivity contribution in [2.45, 2.75) is 6.18 Å². The molecule has 11 nitrogen and oxygen atoms in total. The fourth-order valence-corrected chi connectivity index (χ4v) is 2.86. The van der Waals surface area contributed by atoms with Crippen molar-refractivity contribution in [3.63, 3.8) is 0 Å². The zero-order valence-corrected chi connectivity index (χ0v) is 16.7. The van der Waals surface area contributed by atoms with Gasteiger partial charge in [-0.2, -0.15) is 13.2 Å². The predicted molar refractivity (Wildman–Crippen MR) is 98.4 cm³/mol. The van der Waals surface area contributed by atoms with Crippen LogP contribution in [0, 0.1) is 20.2 Å². The van der Waals surface area contributed by atoms with Gasteiger partial charge in [-0.3, -0.25) is 24.8 Å². The molecule has 0 spiro atoms. The Labute approximate surface area is 172 Å². The number of halogens is 3. The van der Waals surface area contributed by atoms with E-state index in [2.05, 4.69) is 9.05 Å². The zero-order chi connectivity index (χ0) is 23.4. The molecule has 0 saturated heterocycles. The number of hydrogen-bond donors (Lipinski definition) is 0. The predicted octanol–water partition coefficient (Wildman–Crippen LogP) is 5.14. The summed E-state index contributed by atoms with van der Waals surface area (Å²) in [5.74, 6) is -1.21. The first-order chi connectivity index (χ1) is 14.4. The first-order valence-corrected chi connectivity index (χ1v) is 9.78. The van der Waals surface area contributed by atoms with Crippen LogP contribution >= 0.6 is 7.60 Å². The minimum absolute atomic E-state index is 0.229. The summed E-state index contributed by atoms with van der Waals surface area (Å²) in [7, 11) is -1.55. The van der Waals surface area contributed by atoms with Gasteiger partial charge in [-0.15, -0.1) is 0 Å². The van der Waals surface area contributed by atoms with Gasteiger partial charge in [0.05, 0.1) is 15.4 Å². The SMILES string of the molecule is COP(=O)(COc1cc(Oc2ccc(C(F)(F)F)cc2[N+](=O)[O-])ccc1[N+](=O)[O-])OC. The molecule has 168 valence electrons. The maximum atomic E-state index is 12.8. The fraction of sp³-hybridized carbons (Fsp3) is 0.250. The van der Waals surface area contributed by atoms with Crippen LogP contribution in [0.3, 0.4) is 0 Å². The Morgan fingerprint density at radius 3 is 2.06 bits per heavy atom. The van der Waals surface area contributed by atoms with Crippen LogP contribution in [0.15, 0.2) is 36.4 Å². The average Bonchev–Trinajstić information content (AvgIpc) is 2.71. The lowest BCUT2D eigenvalue weighted by Gasteiger charge is -2.15. The number of nitrogens with zero attached hydrogens (tertiary/aromatic N) is 2. The standard InChI is InChI=1S/C16H14F3N2O9P/c1-27-31(26,28-2)9-29-15-8-11(4-5-12(15)20(22)23)30-14-6-3-10(16(17,18)19)7-13(14)21(24)25/h3-8H,9H2,1-2H3. The van der Waals surface area contributed by atoms with E-state index in [1.54, 1.807) is 0 Å². The van der Waals surface area contributed by atoms with Gasteiger partial charge in [0, 0.05) is 32.4 Å². The van der Waals surface area contributed by atoms with Gasteiger partial charge in [0.25, 0.3) is 0 Å². The van der Waals surface area contributed by atoms with E-state index >= 15 is 0 Å². The maximum absolute atomic E-state index is 12.8.